The van der Waals surface area contributed by atoms with E-state index in [0.717, 1.165) is 41.3 Å². The largest absolute Gasteiger partial charge is 0.497 e. The number of aryl methyl sites for hydroxylation is 1. The number of ether oxygens (including phenoxy) is 2. The van der Waals surface area contributed by atoms with Crippen LogP contribution in [0.3, 0.4) is 0 Å². The van der Waals surface area contributed by atoms with Crippen molar-refractivity contribution in [2.45, 2.75) is 38.0 Å². The third kappa shape index (κ3) is 4.64. The highest BCUT2D eigenvalue weighted by Gasteiger charge is 2.33. The van der Waals surface area contributed by atoms with Gasteiger partial charge in [-0.05, 0) is 42.7 Å². The molecule has 2 aromatic carbocycles. The van der Waals surface area contributed by atoms with Gasteiger partial charge >= 0.3 is 0 Å². The molecular formula is C23H29NO3S. The van der Waals surface area contributed by atoms with E-state index in [1.165, 1.54) is 24.8 Å². The molecule has 150 valence electrons. The molecular weight excluding hydrogens is 370 g/mol. The lowest BCUT2D eigenvalue weighted by molar-refractivity contribution is 0.0759. The number of carbonyl (C=O) groups is 1. The summed E-state index contributed by atoms with van der Waals surface area (Å²) in [7, 11) is 3.29. The summed E-state index contributed by atoms with van der Waals surface area (Å²) in [6, 6.07) is 13.9. The lowest BCUT2D eigenvalue weighted by atomic mass is 10.0. The molecule has 1 aliphatic rings. The fraction of sp³-hybridized carbons (Fsp3) is 0.435. The van der Waals surface area contributed by atoms with Gasteiger partial charge in [-0.1, -0.05) is 31.9 Å². The number of thioether (sulfide) groups is 1. The molecule has 0 spiro atoms. The molecule has 1 atom stereocenters. The fourth-order valence-electron chi connectivity index (χ4n) is 3.52. The molecule has 0 radical (unpaired) electrons. The summed E-state index contributed by atoms with van der Waals surface area (Å²) in [6.07, 6.45) is 4.75. The Morgan fingerprint density at radius 3 is 2.57 bits per heavy atom. The number of nitrogens with zero attached hydrogens (tertiary/aromatic N) is 1. The Hall–Kier alpha value is -2.14. The van der Waals surface area contributed by atoms with Crippen LogP contribution < -0.4 is 9.47 Å². The zero-order valence-corrected chi connectivity index (χ0v) is 17.8. The molecule has 1 fully saturated rings. The number of unbranched alkanes of at least 4 members (excludes halogenated alkanes) is 2. The third-order valence-corrected chi connectivity index (χ3v) is 6.37. The van der Waals surface area contributed by atoms with E-state index in [1.54, 1.807) is 26.0 Å². The number of hydrogen-bond donors (Lipinski definition) is 0. The van der Waals surface area contributed by atoms with Crippen LogP contribution in [0.5, 0.6) is 11.5 Å². The van der Waals surface area contributed by atoms with Gasteiger partial charge in [-0.15, -0.1) is 11.8 Å². The van der Waals surface area contributed by atoms with Gasteiger partial charge in [0.15, 0.2) is 0 Å². The van der Waals surface area contributed by atoms with E-state index in [9.17, 15) is 4.79 Å². The molecule has 2 aromatic rings. The highest BCUT2D eigenvalue weighted by Crippen LogP contribution is 2.43. The molecule has 1 heterocycles. The van der Waals surface area contributed by atoms with Gasteiger partial charge in [0.25, 0.3) is 5.91 Å². The van der Waals surface area contributed by atoms with E-state index in [1.807, 2.05) is 35.2 Å². The molecule has 0 unspecified atom stereocenters. The maximum Gasteiger partial charge on any atom is 0.255 e. The van der Waals surface area contributed by atoms with Crippen molar-refractivity contribution >= 4 is 17.7 Å². The summed E-state index contributed by atoms with van der Waals surface area (Å²) in [5.41, 5.74) is 3.06. The third-order valence-electron chi connectivity index (χ3n) is 5.13. The summed E-state index contributed by atoms with van der Waals surface area (Å²) in [4.78, 5) is 15.1. The molecule has 1 amide bonds. The van der Waals surface area contributed by atoms with Gasteiger partial charge in [-0.2, -0.15) is 0 Å². The number of amides is 1. The van der Waals surface area contributed by atoms with Crippen molar-refractivity contribution in [2.24, 2.45) is 0 Å². The second-order valence-electron chi connectivity index (χ2n) is 6.98. The summed E-state index contributed by atoms with van der Waals surface area (Å²) in [5, 5.41) is -0.0439. The quantitative estimate of drug-likeness (QED) is 0.563. The molecule has 0 aliphatic carbocycles. The van der Waals surface area contributed by atoms with Crippen LogP contribution in [0, 0.1) is 0 Å². The van der Waals surface area contributed by atoms with E-state index in [-0.39, 0.29) is 11.3 Å². The van der Waals surface area contributed by atoms with Crippen molar-refractivity contribution in [2.75, 3.05) is 26.5 Å². The molecule has 28 heavy (non-hydrogen) atoms. The van der Waals surface area contributed by atoms with Gasteiger partial charge in [0.2, 0.25) is 0 Å². The van der Waals surface area contributed by atoms with Crippen LogP contribution in [-0.2, 0) is 6.42 Å². The van der Waals surface area contributed by atoms with Gasteiger partial charge < -0.3 is 14.4 Å². The Morgan fingerprint density at radius 2 is 1.89 bits per heavy atom. The number of rotatable bonds is 8. The van der Waals surface area contributed by atoms with Crippen molar-refractivity contribution < 1.29 is 14.3 Å². The van der Waals surface area contributed by atoms with Crippen LogP contribution in [0.2, 0.25) is 0 Å². The Labute approximate surface area is 172 Å². The Bertz CT molecular complexity index is 791. The molecule has 0 bridgehead atoms. The lowest BCUT2D eigenvalue weighted by Crippen LogP contribution is -2.30. The van der Waals surface area contributed by atoms with E-state index < -0.39 is 0 Å². The van der Waals surface area contributed by atoms with Crippen molar-refractivity contribution in [3.8, 4) is 11.5 Å². The van der Waals surface area contributed by atoms with Crippen LogP contribution in [-0.4, -0.2) is 37.3 Å². The van der Waals surface area contributed by atoms with Crippen molar-refractivity contribution in [1.82, 2.24) is 4.90 Å². The summed E-state index contributed by atoms with van der Waals surface area (Å²) >= 11 is 1.77. The minimum absolute atomic E-state index is 0.0439. The topological polar surface area (TPSA) is 38.8 Å². The lowest BCUT2D eigenvalue weighted by Gasteiger charge is -2.26. The highest BCUT2D eigenvalue weighted by molar-refractivity contribution is 7.99. The molecule has 0 saturated carbocycles. The van der Waals surface area contributed by atoms with Crippen molar-refractivity contribution in [3.05, 3.63) is 59.2 Å². The zero-order valence-electron chi connectivity index (χ0n) is 16.9. The second-order valence-corrected chi connectivity index (χ2v) is 8.17. The fourth-order valence-corrected chi connectivity index (χ4v) is 4.80. The van der Waals surface area contributed by atoms with Crippen LogP contribution in [0.25, 0.3) is 0 Å². The van der Waals surface area contributed by atoms with Crippen molar-refractivity contribution in [1.29, 1.82) is 0 Å². The number of benzene rings is 2. The van der Waals surface area contributed by atoms with Crippen LogP contribution in [0.1, 0.15) is 53.0 Å². The first-order chi connectivity index (χ1) is 13.7. The van der Waals surface area contributed by atoms with Gasteiger partial charge in [0.1, 0.15) is 16.9 Å². The van der Waals surface area contributed by atoms with Crippen LogP contribution >= 0.6 is 11.8 Å². The first-order valence-corrected chi connectivity index (χ1v) is 11.0. The van der Waals surface area contributed by atoms with Gasteiger partial charge in [-0.25, -0.2) is 0 Å². The summed E-state index contributed by atoms with van der Waals surface area (Å²) in [5.74, 6) is 2.50. The Morgan fingerprint density at radius 1 is 1.11 bits per heavy atom. The normalized spacial score (nSPS) is 16.2. The van der Waals surface area contributed by atoms with E-state index in [0.29, 0.717) is 0 Å². The average Bonchev–Trinajstić information content (AvgIpc) is 3.23. The van der Waals surface area contributed by atoms with Crippen LogP contribution in [0.4, 0.5) is 0 Å². The predicted octanol–water partition coefficient (Wildman–Crippen LogP) is 5.32. The van der Waals surface area contributed by atoms with E-state index in [4.69, 9.17) is 9.47 Å². The Balaban J connectivity index is 1.76. The van der Waals surface area contributed by atoms with E-state index in [2.05, 4.69) is 19.1 Å². The second kappa shape index (κ2) is 9.87. The van der Waals surface area contributed by atoms with Crippen molar-refractivity contribution in [3.63, 3.8) is 0 Å². The molecule has 5 heteroatoms. The monoisotopic (exact) mass is 399 g/mol. The van der Waals surface area contributed by atoms with Gasteiger partial charge in [0.05, 0.1) is 14.2 Å². The molecule has 3 rings (SSSR count). The minimum Gasteiger partial charge on any atom is -0.497 e. The molecule has 4 nitrogen and oxygen atoms in total. The highest BCUT2D eigenvalue weighted by atomic mass is 32.2. The number of carbonyl (C=O) groups excluding carboxylic acids is 1. The van der Waals surface area contributed by atoms with Gasteiger partial charge in [0, 0.05) is 29.5 Å². The summed E-state index contributed by atoms with van der Waals surface area (Å²) in [6.45, 7) is 2.95. The smallest absolute Gasteiger partial charge is 0.255 e. The predicted molar refractivity (Wildman–Crippen MR) is 115 cm³/mol. The SMILES string of the molecule is CCCCCc1ccc(C(=O)N2CCS[C@@H]2c2ccc(OC)cc2OC)cc1. The first kappa shape index (κ1) is 20.6. The van der Waals surface area contributed by atoms with Crippen LogP contribution in [0.15, 0.2) is 42.5 Å². The number of hydrogen-bond acceptors (Lipinski definition) is 4. The zero-order chi connectivity index (χ0) is 19.9. The molecule has 1 saturated heterocycles. The summed E-state index contributed by atoms with van der Waals surface area (Å²) < 4.78 is 10.9. The number of methoxy groups -OCH3 is 2. The van der Waals surface area contributed by atoms with Gasteiger partial charge in [-0.3, -0.25) is 4.79 Å². The first-order valence-electron chi connectivity index (χ1n) is 9.91. The maximum atomic E-state index is 13.2. The molecule has 0 N–H and O–H groups in total. The standard InChI is InChI=1S/C23H29NO3S/c1-4-5-6-7-17-8-10-18(11-9-17)22(25)24-14-15-28-23(24)20-13-12-19(26-2)16-21(20)27-3/h8-13,16,23H,4-7,14-15H2,1-3H3/t23-/m1/s1. The Kier molecular flexibility index (Phi) is 7.26. The maximum absolute atomic E-state index is 13.2. The average molecular weight is 400 g/mol. The molecule has 1 aliphatic heterocycles. The minimum atomic E-state index is -0.0439. The van der Waals surface area contributed by atoms with E-state index >= 15 is 0 Å². The molecule has 0 aromatic heterocycles.